The van der Waals surface area contributed by atoms with Gasteiger partial charge in [0.15, 0.2) is 0 Å². The molecule has 0 amide bonds. The smallest absolute Gasteiger partial charge is 0.144 e. The van der Waals surface area contributed by atoms with Crippen molar-refractivity contribution in [3.8, 4) is 10.4 Å². The minimum absolute atomic E-state index is 0.613. The van der Waals surface area contributed by atoms with Gasteiger partial charge in [-0.3, -0.25) is 4.90 Å². The Bertz CT molecular complexity index is 1030. The number of pyridine rings is 1. The number of likely N-dealkylation sites (tertiary alicyclic amines) is 1. The molecule has 3 aromatic heterocycles. The Hall–Kier alpha value is -1.73. The van der Waals surface area contributed by atoms with Crippen LogP contribution in [0.4, 0.5) is 0 Å². The van der Waals surface area contributed by atoms with Crippen LogP contribution in [0.5, 0.6) is 0 Å². The third-order valence-electron chi connectivity index (χ3n) is 5.85. The van der Waals surface area contributed by atoms with Gasteiger partial charge in [0.05, 0.1) is 9.90 Å². The van der Waals surface area contributed by atoms with E-state index in [0.29, 0.717) is 5.02 Å². The van der Waals surface area contributed by atoms with Gasteiger partial charge in [0.1, 0.15) is 16.3 Å². The Labute approximate surface area is 173 Å². The van der Waals surface area contributed by atoms with Gasteiger partial charge in [-0.25, -0.2) is 9.97 Å². The third kappa shape index (κ3) is 3.18. The van der Waals surface area contributed by atoms with E-state index in [1.165, 1.54) is 37.3 Å². The highest BCUT2D eigenvalue weighted by Crippen LogP contribution is 2.45. The van der Waals surface area contributed by atoms with Crippen LogP contribution in [0.2, 0.25) is 5.02 Å². The lowest BCUT2D eigenvalue weighted by Gasteiger charge is -2.34. The molecule has 28 heavy (non-hydrogen) atoms. The Balaban J connectivity index is 1.47. The maximum Gasteiger partial charge on any atom is 0.144 e. The van der Waals surface area contributed by atoms with E-state index >= 15 is 0 Å². The molecule has 0 atom stereocenters. The zero-order valence-corrected chi connectivity index (χ0v) is 17.2. The molecule has 3 aromatic rings. The van der Waals surface area contributed by atoms with Crippen molar-refractivity contribution in [2.45, 2.75) is 37.7 Å². The summed E-state index contributed by atoms with van der Waals surface area (Å²) in [5, 5.41) is 13.0. The van der Waals surface area contributed by atoms with Crippen molar-refractivity contribution in [2.75, 3.05) is 19.6 Å². The first kappa shape index (κ1) is 18.3. The minimum Gasteiger partial charge on any atom is -0.383 e. The monoisotopic (exact) mass is 414 g/mol. The molecule has 1 aliphatic carbocycles. The van der Waals surface area contributed by atoms with Crippen LogP contribution in [0.25, 0.3) is 27.7 Å². The minimum atomic E-state index is -0.744. The first-order chi connectivity index (χ1) is 13.6. The lowest BCUT2D eigenvalue weighted by molar-refractivity contribution is -0.0389. The molecule has 146 valence electrons. The van der Waals surface area contributed by atoms with Gasteiger partial charge in [0.25, 0.3) is 0 Å². The normalized spacial score (nSPS) is 19.6. The Morgan fingerprint density at radius 3 is 2.75 bits per heavy atom. The summed E-state index contributed by atoms with van der Waals surface area (Å²) in [5.41, 5.74) is 1.09. The second-order valence-corrected chi connectivity index (χ2v) is 9.19. The number of hydrogen-bond donors (Lipinski definition) is 1. The second kappa shape index (κ2) is 7.26. The van der Waals surface area contributed by atoms with Crippen molar-refractivity contribution in [2.24, 2.45) is 0 Å². The number of rotatable bonds is 5. The van der Waals surface area contributed by atoms with Crippen molar-refractivity contribution in [3.63, 3.8) is 0 Å². The van der Waals surface area contributed by atoms with E-state index in [1.807, 2.05) is 17.0 Å². The highest BCUT2D eigenvalue weighted by Gasteiger charge is 2.39. The lowest BCUT2D eigenvalue weighted by Crippen LogP contribution is -2.33. The molecule has 0 unspecified atom stereocenters. The topological polar surface area (TPSA) is 54.2 Å². The third-order valence-corrected chi connectivity index (χ3v) is 7.35. The fourth-order valence-corrected chi connectivity index (χ4v) is 5.50. The van der Waals surface area contributed by atoms with Crippen molar-refractivity contribution >= 4 is 40.2 Å². The summed E-state index contributed by atoms with van der Waals surface area (Å²) in [6, 6.07) is 2.06. The van der Waals surface area contributed by atoms with Crippen LogP contribution in [0, 0.1) is 0 Å². The average Bonchev–Trinajstić information content (AvgIpc) is 3.41. The number of nitrogens with zero attached hydrogens (tertiary/aromatic N) is 4. The highest BCUT2D eigenvalue weighted by atomic mass is 35.5. The first-order valence-electron chi connectivity index (χ1n) is 9.87. The number of fused-ring (bicyclic) bond motifs is 1. The molecule has 4 heterocycles. The van der Waals surface area contributed by atoms with Gasteiger partial charge in [-0.2, -0.15) is 0 Å². The summed E-state index contributed by atoms with van der Waals surface area (Å²) in [5.74, 6) is 0. The van der Waals surface area contributed by atoms with E-state index in [0.717, 1.165) is 52.3 Å². The van der Waals surface area contributed by atoms with Gasteiger partial charge in [0.2, 0.25) is 0 Å². The van der Waals surface area contributed by atoms with Crippen LogP contribution in [0.15, 0.2) is 30.7 Å². The SMILES string of the molecule is OC1(c2ncc(-c3c(Cl)cnc4c3ccn4/C=C/CN3CCCC3)s2)CCC1. The lowest BCUT2D eigenvalue weighted by atomic mass is 9.81. The molecule has 1 saturated heterocycles. The molecule has 5 rings (SSSR count). The van der Waals surface area contributed by atoms with E-state index in [4.69, 9.17) is 11.6 Å². The number of hydrogen-bond acceptors (Lipinski definition) is 5. The van der Waals surface area contributed by atoms with Crippen molar-refractivity contribution < 1.29 is 5.11 Å². The number of halogens is 1. The van der Waals surface area contributed by atoms with Gasteiger partial charge >= 0.3 is 0 Å². The van der Waals surface area contributed by atoms with Crippen LogP contribution in [-0.4, -0.2) is 44.2 Å². The zero-order valence-electron chi connectivity index (χ0n) is 15.6. The summed E-state index contributed by atoms with van der Waals surface area (Å²) in [6.45, 7) is 3.35. The molecule has 7 heteroatoms. The fourth-order valence-electron chi connectivity index (χ4n) is 4.06. The molecule has 0 spiro atoms. The van der Waals surface area contributed by atoms with Gasteiger partial charge < -0.3 is 9.67 Å². The summed E-state index contributed by atoms with van der Waals surface area (Å²) < 4.78 is 2.05. The Morgan fingerprint density at radius 2 is 2.00 bits per heavy atom. The predicted molar refractivity (Wildman–Crippen MR) is 115 cm³/mol. The van der Waals surface area contributed by atoms with Crippen LogP contribution in [-0.2, 0) is 5.60 Å². The molecule has 2 aliphatic rings. The van der Waals surface area contributed by atoms with Gasteiger partial charge in [0, 0.05) is 42.3 Å². The fraction of sp³-hybridized carbons (Fsp3) is 0.429. The van der Waals surface area contributed by atoms with E-state index in [2.05, 4.69) is 33.2 Å². The maximum absolute atomic E-state index is 10.6. The van der Waals surface area contributed by atoms with E-state index in [1.54, 1.807) is 6.20 Å². The number of aromatic nitrogens is 3. The van der Waals surface area contributed by atoms with Crippen LogP contribution < -0.4 is 0 Å². The van der Waals surface area contributed by atoms with E-state index in [-0.39, 0.29) is 0 Å². The Morgan fingerprint density at radius 1 is 1.18 bits per heavy atom. The summed E-state index contributed by atoms with van der Waals surface area (Å²) in [4.78, 5) is 12.5. The quantitative estimate of drug-likeness (QED) is 0.654. The second-order valence-electron chi connectivity index (χ2n) is 7.75. The summed E-state index contributed by atoms with van der Waals surface area (Å²) in [7, 11) is 0. The molecular formula is C21H23ClN4OS. The first-order valence-corrected chi connectivity index (χ1v) is 11.1. The van der Waals surface area contributed by atoms with Crippen LogP contribution in [0.3, 0.4) is 0 Å². The molecule has 0 radical (unpaired) electrons. The number of thiazole rings is 1. The molecule has 1 aliphatic heterocycles. The molecule has 2 fully saturated rings. The van der Waals surface area contributed by atoms with Crippen molar-refractivity contribution in [1.29, 1.82) is 0 Å². The van der Waals surface area contributed by atoms with Crippen molar-refractivity contribution in [1.82, 2.24) is 19.4 Å². The standard InChI is InChI=1S/C21H23ClN4OS/c22-16-13-23-19-15(5-12-26(19)11-4-10-25-8-1-2-9-25)18(16)17-14-24-20(28-17)21(27)6-3-7-21/h4-5,11-14,27H,1-3,6-10H2/b11-4+. The van der Waals surface area contributed by atoms with Crippen LogP contribution in [0.1, 0.15) is 37.1 Å². The van der Waals surface area contributed by atoms with E-state index in [9.17, 15) is 5.11 Å². The molecule has 1 saturated carbocycles. The molecule has 0 bridgehead atoms. The average molecular weight is 415 g/mol. The molecule has 1 N–H and O–H groups in total. The molecule has 0 aromatic carbocycles. The van der Waals surface area contributed by atoms with Crippen LogP contribution >= 0.6 is 22.9 Å². The summed E-state index contributed by atoms with van der Waals surface area (Å²) >= 11 is 8.06. The van der Waals surface area contributed by atoms with E-state index < -0.39 is 5.60 Å². The van der Waals surface area contributed by atoms with Gasteiger partial charge in [-0.15, -0.1) is 11.3 Å². The summed E-state index contributed by atoms with van der Waals surface area (Å²) in [6.07, 6.45) is 15.1. The van der Waals surface area contributed by atoms with Gasteiger partial charge in [-0.1, -0.05) is 17.7 Å². The predicted octanol–water partition coefficient (Wildman–Crippen LogP) is 4.75. The molecule has 5 nitrogen and oxygen atoms in total. The van der Waals surface area contributed by atoms with Crippen molar-refractivity contribution in [3.05, 3.63) is 40.8 Å². The largest absolute Gasteiger partial charge is 0.383 e. The highest BCUT2D eigenvalue weighted by molar-refractivity contribution is 7.15. The number of aliphatic hydroxyl groups is 1. The zero-order chi connectivity index (χ0) is 19.1. The Kier molecular flexibility index (Phi) is 4.75. The maximum atomic E-state index is 10.6. The molecular weight excluding hydrogens is 392 g/mol. The van der Waals surface area contributed by atoms with Gasteiger partial charge in [-0.05, 0) is 51.3 Å².